The lowest BCUT2D eigenvalue weighted by Gasteiger charge is -2.27. The van der Waals surface area contributed by atoms with Gasteiger partial charge in [-0.1, -0.05) is 17.3 Å². The number of amides is 1. The third kappa shape index (κ3) is 3.51. The lowest BCUT2D eigenvalue weighted by atomic mass is 10.2. The van der Waals surface area contributed by atoms with Crippen molar-refractivity contribution in [2.45, 2.75) is 17.6 Å². The fourth-order valence-corrected chi connectivity index (χ4v) is 3.26. The number of nitrogens with zero attached hydrogens (tertiary/aromatic N) is 2. The second kappa shape index (κ2) is 6.98. The Kier molecular flexibility index (Phi) is 4.80. The van der Waals surface area contributed by atoms with Crippen molar-refractivity contribution in [3.05, 3.63) is 47.3 Å². The molecular weight excluding hydrogens is 300 g/mol. The SMILES string of the molecule is Cc1cc(CSc2ccccc2C(=O)N2CCOCC2)on1. The summed E-state index contributed by atoms with van der Waals surface area (Å²) in [6.45, 7) is 4.42. The molecule has 116 valence electrons. The van der Waals surface area contributed by atoms with Gasteiger partial charge in [0.1, 0.15) is 5.76 Å². The standard InChI is InChI=1S/C16H18N2O3S/c1-12-10-13(21-17-12)11-22-15-5-3-2-4-14(15)16(19)18-6-8-20-9-7-18/h2-5,10H,6-9,11H2,1H3. The monoisotopic (exact) mass is 318 g/mol. The van der Waals surface area contributed by atoms with Crippen molar-refractivity contribution in [3.63, 3.8) is 0 Å². The minimum absolute atomic E-state index is 0.0696. The van der Waals surface area contributed by atoms with Gasteiger partial charge < -0.3 is 14.2 Å². The van der Waals surface area contributed by atoms with Crippen molar-refractivity contribution in [1.82, 2.24) is 10.1 Å². The van der Waals surface area contributed by atoms with Crippen molar-refractivity contribution in [3.8, 4) is 0 Å². The minimum Gasteiger partial charge on any atom is -0.378 e. The smallest absolute Gasteiger partial charge is 0.255 e. The van der Waals surface area contributed by atoms with Crippen LogP contribution in [0.2, 0.25) is 0 Å². The maximum atomic E-state index is 12.7. The zero-order valence-electron chi connectivity index (χ0n) is 12.4. The largest absolute Gasteiger partial charge is 0.378 e. The van der Waals surface area contributed by atoms with E-state index in [0.29, 0.717) is 32.1 Å². The Bertz CT molecular complexity index is 650. The third-order valence-corrected chi connectivity index (χ3v) is 4.56. The zero-order chi connectivity index (χ0) is 15.4. The van der Waals surface area contributed by atoms with E-state index in [9.17, 15) is 4.79 Å². The number of carbonyl (C=O) groups is 1. The number of aromatic nitrogens is 1. The molecule has 22 heavy (non-hydrogen) atoms. The van der Waals surface area contributed by atoms with Gasteiger partial charge in [-0.3, -0.25) is 4.79 Å². The second-order valence-corrected chi connectivity index (χ2v) is 6.14. The molecule has 2 aromatic rings. The predicted molar refractivity (Wildman–Crippen MR) is 84.0 cm³/mol. The summed E-state index contributed by atoms with van der Waals surface area (Å²) in [4.78, 5) is 15.5. The molecule has 0 N–H and O–H groups in total. The number of aryl methyl sites for hydroxylation is 1. The second-order valence-electron chi connectivity index (χ2n) is 5.12. The Hall–Kier alpha value is -1.79. The van der Waals surface area contributed by atoms with E-state index in [2.05, 4.69) is 5.16 Å². The molecule has 1 fully saturated rings. The van der Waals surface area contributed by atoms with Gasteiger partial charge in [0.05, 0.1) is 30.2 Å². The maximum Gasteiger partial charge on any atom is 0.255 e. The normalized spacial score (nSPS) is 15.0. The quantitative estimate of drug-likeness (QED) is 0.811. The van der Waals surface area contributed by atoms with Crippen LogP contribution >= 0.6 is 11.8 Å². The van der Waals surface area contributed by atoms with Crippen LogP contribution in [0.1, 0.15) is 21.8 Å². The highest BCUT2D eigenvalue weighted by molar-refractivity contribution is 7.98. The van der Waals surface area contributed by atoms with Gasteiger partial charge in [-0.15, -0.1) is 11.8 Å². The van der Waals surface area contributed by atoms with Gasteiger partial charge >= 0.3 is 0 Å². The average Bonchev–Trinajstić information content (AvgIpc) is 2.99. The Morgan fingerprint density at radius 2 is 2.09 bits per heavy atom. The molecule has 3 rings (SSSR count). The molecule has 2 heterocycles. The van der Waals surface area contributed by atoms with Crippen LogP contribution in [0.25, 0.3) is 0 Å². The number of benzene rings is 1. The molecule has 1 aromatic carbocycles. The van der Waals surface area contributed by atoms with Crippen LogP contribution in [0.15, 0.2) is 39.8 Å². The molecule has 6 heteroatoms. The van der Waals surface area contributed by atoms with E-state index in [-0.39, 0.29) is 5.91 Å². The molecule has 5 nitrogen and oxygen atoms in total. The molecule has 0 unspecified atom stereocenters. The number of thioether (sulfide) groups is 1. The van der Waals surface area contributed by atoms with E-state index >= 15 is 0 Å². The summed E-state index contributed by atoms with van der Waals surface area (Å²) in [5, 5.41) is 3.88. The fraction of sp³-hybridized carbons (Fsp3) is 0.375. The van der Waals surface area contributed by atoms with Gasteiger partial charge in [0.25, 0.3) is 5.91 Å². The first-order valence-electron chi connectivity index (χ1n) is 7.25. The van der Waals surface area contributed by atoms with E-state index in [1.807, 2.05) is 42.2 Å². The van der Waals surface area contributed by atoms with Crippen molar-refractivity contribution in [2.75, 3.05) is 26.3 Å². The van der Waals surface area contributed by atoms with Crippen molar-refractivity contribution in [1.29, 1.82) is 0 Å². The highest BCUT2D eigenvalue weighted by Crippen LogP contribution is 2.27. The van der Waals surface area contributed by atoms with Gasteiger partial charge in [0.2, 0.25) is 0 Å². The number of hydrogen-bond acceptors (Lipinski definition) is 5. The van der Waals surface area contributed by atoms with Crippen LogP contribution in [0.3, 0.4) is 0 Å². The highest BCUT2D eigenvalue weighted by atomic mass is 32.2. The summed E-state index contributed by atoms with van der Waals surface area (Å²) >= 11 is 1.59. The molecule has 0 atom stereocenters. The Balaban J connectivity index is 1.72. The average molecular weight is 318 g/mol. The van der Waals surface area contributed by atoms with E-state index in [0.717, 1.165) is 21.9 Å². The van der Waals surface area contributed by atoms with Crippen LogP contribution < -0.4 is 0 Å². The summed E-state index contributed by atoms with van der Waals surface area (Å²) < 4.78 is 10.5. The molecule has 1 aliphatic rings. The highest BCUT2D eigenvalue weighted by Gasteiger charge is 2.21. The number of ether oxygens (including phenoxy) is 1. The van der Waals surface area contributed by atoms with Crippen LogP contribution in [0, 0.1) is 6.92 Å². The first-order valence-corrected chi connectivity index (χ1v) is 8.23. The van der Waals surface area contributed by atoms with Gasteiger partial charge in [0.15, 0.2) is 0 Å². The Labute approximate surface area is 133 Å². The number of morpholine rings is 1. The number of hydrogen-bond donors (Lipinski definition) is 0. The van der Waals surface area contributed by atoms with E-state index in [4.69, 9.17) is 9.26 Å². The Morgan fingerprint density at radius 1 is 1.32 bits per heavy atom. The lowest BCUT2D eigenvalue weighted by Crippen LogP contribution is -2.40. The van der Waals surface area contributed by atoms with Crippen molar-refractivity contribution >= 4 is 17.7 Å². The summed E-state index contributed by atoms with van der Waals surface area (Å²) in [7, 11) is 0. The summed E-state index contributed by atoms with van der Waals surface area (Å²) in [5.74, 6) is 1.55. The first kappa shape index (κ1) is 15.1. The molecule has 0 bridgehead atoms. The van der Waals surface area contributed by atoms with Gasteiger partial charge in [0, 0.05) is 24.1 Å². The topological polar surface area (TPSA) is 55.6 Å². The first-order chi connectivity index (χ1) is 10.7. The molecule has 1 aromatic heterocycles. The molecule has 1 saturated heterocycles. The van der Waals surface area contributed by atoms with Crippen LogP contribution in [-0.4, -0.2) is 42.3 Å². The van der Waals surface area contributed by atoms with E-state index in [1.54, 1.807) is 11.8 Å². The maximum absolute atomic E-state index is 12.7. The van der Waals surface area contributed by atoms with Crippen LogP contribution in [0.5, 0.6) is 0 Å². The minimum atomic E-state index is 0.0696. The van der Waals surface area contributed by atoms with Crippen LogP contribution in [0.4, 0.5) is 0 Å². The van der Waals surface area contributed by atoms with Gasteiger partial charge in [-0.25, -0.2) is 0 Å². The predicted octanol–water partition coefficient (Wildman–Crippen LogP) is 2.75. The molecular formula is C16H18N2O3S. The van der Waals surface area contributed by atoms with Gasteiger partial charge in [-0.05, 0) is 19.1 Å². The number of carbonyl (C=O) groups excluding carboxylic acids is 1. The molecule has 1 aliphatic heterocycles. The molecule has 0 aliphatic carbocycles. The summed E-state index contributed by atoms with van der Waals surface area (Å²) in [6.07, 6.45) is 0. The van der Waals surface area contributed by atoms with Crippen LogP contribution in [-0.2, 0) is 10.5 Å². The van der Waals surface area contributed by atoms with E-state index < -0.39 is 0 Å². The van der Waals surface area contributed by atoms with Gasteiger partial charge in [-0.2, -0.15) is 0 Å². The van der Waals surface area contributed by atoms with E-state index in [1.165, 1.54) is 0 Å². The molecule has 1 amide bonds. The summed E-state index contributed by atoms with van der Waals surface area (Å²) in [5.41, 5.74) is 1.61. The molecule has 0 saturated carbocycles. The lowest BCUT2D eigenvalue weighted by molar-refractivity contribution is 0.0300. The zero-order valence-corrected chi connectivity index (χ0v) is 13.3. The Morgan fingerprint density at radius 3 is 2.82 bits per heavy atom. The molecule has 0 spiro atoms. The van der Waals surface area contributed by atoms with Crippen molar-refractivity contribution in [2.24, 2.45) is 0 Å². The summed E-state index contributed by atoms with van der Waals surface area (Å²) in [6, 6.07) is 9.62. The van der Waals surface area contributed by atoms with Crippen molar-refractivity contribution < 1.29 is 14.1 Å². The molecule has 0 radical (unpaired) electrons. The number of rotatable bonds is 4. The fourth-order valence-electron chi connectivity index (χ4n) is 2.34. The third-order valence-electron chi connectivity index (χ3n) is 3.46.